The third-order valence-corrected chi connectivity index (χ3v) is 4.91. The Morgan fingerprint density at radius 2 is 1.88 bits per heavy atom. The van der Waals surface area contributed by atoms with Crippen LogP contribution < -0.4 is 10.5 Å². The molecule has 2 aromatic heterocycles. The largest absolute Gasteiger partial charge is 0.349 e. The third kappa shape index (κ3) is 2.95. The molecule has 1 aliphatic heterocycles. The van der Waals surface area contributed by atoms with Crippen LogP contribution >= 0.6 is 0 Å². The van der Waals surface area contributed by atoms with Crippen molar-refractivity contribution in [1.82, 2.24) is 25.1 Å². The van der Waals surface area contributed by atoms with Crippen LogP contribution in [0.1, 0.15) is 10.5 Å². The van der Waals surface area contributed by atoms with Gasteiger partial charge in [0, 0.05) is 18.3 Å². The first-order chi connectivity index (χ1) is 12.4. The van der Waals surface area contributed by atoms with Gasteiger partial charge in [0.2, 0.25) is 10.0 Å². The summed E-state index contributed by atoms with van der Waals surface area (Å²) in [6.45, 7) is 1.15. The quantitative estimate of drug-likeness (QED) is 0.685. The average molecular weight is 370 g/mol. The molecule has 0 bridgehead atoms. The van der Waals surface area contributed by atoms with Crippen LogP contribution in [0.5, 0.6) is 0 Å². The lowest BCUT2D eigenvalue weighted by atomic mass is 10.2. The van der Waals surface area contributed by atoms with Crippen LogP contribution in [0.15, 0.2) is 47.5 Å². The summed E-state index contributed by atoms with van der Waals surface area (Å²) in [5, 5.41) is 12.3. The van der Waals surface area contributed by atoms with Gasteiger partial charge in [0.1, 0.15) is 11.4 Å². The minimum Gasteiger partial charge on any atom is -0.349 e. The fourth-order valence-electron chi connectivity index (χ4n) is 2.70. The Bertz CT molecular complexity index is 1110. The molecule has 1 aromatic carbocycles. The topological polar surface area (TPSA) is 133 Å². The van der Waals surface area contributed by atoms with Crippen molar-refractivity contribution in [2.45, 2.75) is 11.4 Å². The molecule has 1 amide bonds. The molecule has 0 radical (unpaired) electrons. The summed E-state index contributed by atoms with van der Waals surface area (Å²) >= 11 is 0. The maximum Gasteiger partial charge on any atom is 0.269 e. The van der Waals surface area contributed by atoms with Crippen molar-refractivity contribution >= 4 is 15.9 Å². The van der Waals surface area contributed by atoms with Gasteiger partial charge in [0.25, 0.3) is 5.91 Å². The van der Waals surface area contributed by atoms with E-state index < -0.39 is 10.0 Å². The van der Waals surface area contributed by atoms with E-state index >= 15 is 0 Å². The first-order valence-corrected chi connectivity index (χ1v) is 9.29. The number of nitrogens with one attached hydrogen (secondary N) is 1. The highest BCUT2D eigenvalue weighted by Crippen LogP contribution is 2.22. The molecule has 3 N–H and O–H groups in total. The minimum absolute atomic E-state index is 0.0187. The Hall–Kier alpha value is -3.11. The number of benzene rings is 1. The number of amides is 1. The van der Waals surface area contributed by atoms with Crippen molar-refractivity contribution < 1.29 is 13.2 Å². The predicted octanol–water partition coefficient (Wildman–Crippen LogP) is 0.398. The van der Waals surface area contributed by atoms with Crippen LogP contribution in [0, 0.1) is 0 Å². The molecule has 1 aliphatic rings. The third-order valence-electron chi connectivity index (χ3n) is 3.98. The molecular formula is C16H14N6O3S. The van der Waals surface area contributed by atoms with Gasteiger partial charge in [0.15, 0.2) is 5.82 Å². The van der Waals surface area contributed by atoms with Gasteiger partial charge in [-0.05, 0) is 36.4 Å². The Morgan fingerprint density at radius 3 is 2.58 bits per heavy atom. The molecule has 0 atom stereocenters. The summed E-state index contributed by atoms with van der Waals surface area (Å²) in [4.78, 5) is 20.6. The first kappa shape index (κ1) is 16.4. The molecule has 4 rings (SSSR count). The molecule has 0 saturated heterocycles. The smallest absolute Gasteiger partial charge is 0.269 e. The summed E-state index contributed by atoms with van der Waals surface area (Å²) in [5.74, 6) is 0.252. The number of fused-ring (bicyclic) bond motifs is 1. The van der Waals surface area contributed by atoms with Crippen LogP contribution in [-0.4, -0.2) is 40.6 Å². The number of nitrogens with two attached hydrogens (primary N) is 1. The summed E-state index contributed by atoms with van der Waals surface area (Å²) in [7, 11) is -3.75. The molecule has 3 aromatic rings. The van der Waals surface area contributed by atoms with Gasteiger partial charge in [-0.25, -0.2) is 23.5 Å². The van der Waals surface area contributed by atoms with Crippen molar-refractivity contribution in [2.75, 3.05) is 6.54 Å². The van der Waals surface area contributed by atoms with Gasteiger partial charge in [-0.3, -0.25) is 9.48 Å². The summed E-state index contributed by atoms with van der Waals surface area (Å²) in [6.07, 6.45) is 1.59. The molecule has 0 unspecified atom stereocenters. The number of hydrogen-bond donors (Lipinski definition) is 2. The maximum absolute atomic E-state index is 11.9. The number of sulfonamides is 1. The number of carbonyl (C=O) groups is 1. The van der Waals surface area contributed by atoms with E-state index in [-0.39, 0.29) is 10.8 Å². The van der Waals surface area contributed by atoms with Gasteiger partial charge in [-0.15, -0.1) is 0 Å². The van der Waals surface area contributed by atoms with Gasteiger partial charge in [0.05, 0.1) is 17.1 Å². The van der Waals surface area contributed by atoms with Crippen LogP contribution in [0.2, 0.25) is 0 Å². The van der Waals surface area contributed by atoms with Gasteiger partial charge in [-0.1, -0.05) is 0 Å². The average Bonchev–Trinajstić information content (AvgIpc) is 3.07. The minimum atomic E-state index is -3.75. The number of primary sulfonamides is 1. The van der Waals surface area contributed by atoms with E-state index in [0.717, 1.165) is 0 Å². The zero-order valence-corrected chi connectivity index (χ0v) is 14.3. The van der Waals surface area contributed by atoms with E-state index in [1.165, 1.54) is 12.1 Å². The number of aromatic nitrogens is 4. The summed E-state index contributed by atoms with van der Waals surface area (Å²) in [6, 6.07) is 9.37. The van der Waals surface area contributed by atoms with Crippen molar-refractivity contribution in [3.8, 4) is 22.8 Å². The van der Waals surface area contributed by atoms with E-state index in [4.69, 9.17) is 5.14 Å². The van der Waals surface area contributed by atoms with Crippen LogP contribution in [-0.2, 0) is 16.6 Å². The lowest BCUT2D eigenvalue weighted by Gasteiger charge is -2.13. The Morgan fingerprint density at radius 1 is 1.12 bits per heavy atom. The maximum atomic E-state index is 11.9. The van der Waals surface area contributed by atoms with E-state index in [0.29, 0.717) is 41.6 Å². The highest BCUT2D eigenvalue weighted by atomic mass is 32.2. The monoisotopic (exact) mass is 370 g/mol. The Labute approximate surface area is 148 Å². The zero-order chi connectivity index (χ0) is 18.3. The van der Waals surface area contributed by atoms with Crippen LogP contribution in [0.4, 0.5) is 0 Å². The summed E-state index contributed by atoms with van der Waals surface area (Å²) < 4.78 is 24.3. The van der Waals surface area contributed by atoms with Crippen LogP contribution in [0.25, 0.3) is 22.8 Å². The molecule has 9 nitrogen and oxygen atoms in total. The molecule has 3 heterocycles. The second-order valence-electron chi connectivity index (χ2n) is 5.73. The molecular weight excluding hydrogens is 356 g/mol. The van der Waals surface area contributed by atoms with Gasteiger partial charge in [-0.2, -0.15) is 5.10 Å². The van der Waals surface area contributed by atoms with E-state index in [1.54, 1.807) is 35.1 Å². The Kier molecular flexibility index (Phi) is 3.78. The Balaban J connectivity index is 1.70. The first-order valence-electron chi connectivity index (χ1n) is 7.74. The fourth-order valence-corrected chi connectivity index (χ4v) is 3.21. The van der Waals surface area contributed by atoms with Crippen molar-refractivity contribution in [1.29, 1.82) is 0 Å². The standard InChI is InChI=1S/C16H14N6O3S/c17-26(24,25)11-3-1-10(2-4-11)15-18-6-5-12(20-15)13-9-14-16(23)19-7-8-22(14)21-13/h1-6,9H,7-8H2,(H,19,23)(H2,17,24,25). The second-order valence-corrected chi connectivity index (χ2v) is 7.29. The summed E-state index contributed by atoms with van der Waals surface area (Å²) in [5.41, 5.74) is 2.27. The molecule has 26 heavy (non-hydrogen) atoms. The van der Waals surface area contributed by atoms with Crippen molar-refractivity contribution in [3.63, 3.8) is 0 Å². The van der Waals surface area contributed by atoms with E-state index in [9.17, 15) is 13.2 Å². The number of rotatable bonds is 3. The van der Waals surface area contributed by atoms with E-state index in [1.807, 2.05) is 0 Å². The molecule has 0 aliphatic carbocycles. The lowest BCUT2D eigenvalue weighted by Crippen LogP contribution is -2.35. The molecule has 0 saturated carbocycles. The molecule has 10 heteroatoms. The second kappa shape index (κ2) is 6.00. The van der Waals surface area contributed by atoms with Crippen molar-refractivity contribution in [3.05, 3.63) is 48.3 Å². The SMILES string of the molecule is NS(=O)(=O)c1ccc(-c2nccc(-c3cc4n(n3)CCNC4=O)n2)cc1. The highest BCUT2D eigenvalue weighted by molar-refractivity contribution is 7.89. The lowest BCUT2D eigenvalue weighted by molar-refractivity contribution is 0.0924. The predicted molar refractivity (Wildman–Crippen MR) is 92.4 cm³/mol. The number of nitrogens with zero attached hydrogens (tertiary/aromatic N) is 4. The van der Waals surface area contributed by atoms with Gasteiger partial charge < -0.3 is 5.32 Å². The number of hydrogen-bond acceptors (Lipinski definition) is 6. The highest BCUT2D eigenvalue weighted by Gasteiger charge is 2.20. The normalized spacial score (nSPS) is 14.0. The van der Waals surface area contributed by atoms with E-state index in [2.05, 4.69) is 20.4 Å². The number of carbonyl (C=O) groups excluding carboxylic acids is 1. The molecule has 0 fully saturated rings. The van der Waals surface area contributed by atoms with Crippen LogP contribution in [0.3, 0.4) is 0 Å². The molecule has 132 valence electrons. The zero-order valence-electron chi connectivity index (χ0n) is 13.5. The molecule has 0 spiro atoms. The van der Waals surface area contributed by atoms with Gasteiger partial charge >= 0.3 is 0 Å². The fraction of sp³-hybridized carbons (Fsp3) is 0.125. The van der Waals surface area contributed by atoms with Crippen molar-refractivity contribution in [2.24, 2.45) is 5.14 Å².